The Hall–Kier alpha value is -2.56. The molecule has 0 saturated carbocycles. The summed E-state index contributed by atoms with van der Waals surface area (Å²) in [6, 6.07) is 18.0. The Morgan fingerprint density at radius 3 is 2.65 bits per heavy atom. The van der Waals surface area contributed by atoms with Crippen molar-refractivity contribution < 1.29 is 9.53 Å². The third kappa shape index (κ3) is 4.34. The van der Waals surface area contributed by atoms with E-state index in [9.17, 15) is 4.79 Å². The highest BCUT2D eigenvalue weighted by molar-refractivity contribution is 6.36. The molecule has 0 aliphatic rings. The quantitative estimate of drug-likeness (QED) is 0.548. The number of hydrogen-bond donors (Lipinski definition) is 1. The van der Waals surface area contributed by atoms with E-state index in [1.807, 2.05) is 24.3 Å². The zero-order valence-electron chi connectivity index (χ0n) is 14.0. The molecular formula is C20H16Cl2N2O2. The number of pyridine rings is 1. The molecule has 26 heavy (non-hydrogen) atoms. The second-order valence-corrected chi connectivity index (χ2v) is 6.30. The van der Waals surface area contributed by atoms with Crippen molar-refractivity contribution in [3.05, 3.63) is 76.3 Å². The predicted molar refractivity (Wildman–Crippen MR) is 105 cm³/mol. The van der Waals surface area contributed by atoms with Crippen molar-refractivity contribution in [1.82, 2.24) is 4.98 Å². The van der Waals surface area contributed by atoms with Crippen LogP contribution in [0.15, 0.2) is 60.7 Å². The van der Waals surface area contributed by atoms with Gasteiger partial charge in [0.25, 0.3) is 0 Å². The average Bonchev–Trinajstić information content (AvgIpc) is 2.65. The van der Waals surface area contributed by atoms with Crippen molar-refractivity contribution in [2.45, 2.75) is 6.92 Å². The van der Waals surface area contributed by atoms with E-state index in [-0.39, 0.29) is 5.97 Å². The molecule has 2 aromatic carbocycles. The fourth-order valence-electron chi connectivity index (χ4n) is 2.41. The van der Waals surface area contributed by atoms with Gasteiger partial charge < -0.3 is 10.1 Å². The van der Waals surface area contributed by atoms with Crippen molar-refractivity contribution in [1.29, 1.82) is 0 Å². The number of rotatable bonds is 5. The van der Waals surface area contributed by atoms with E-state index in [2.05, 4.69) is 10.3 Å². The van der Waals surface area contributed by atoms with E-state index in [1.54, 1.807) is 43.3 Å². The van der Waals surface area contributed by atoms with Crippen molar-refractivity contribution in [2.75, 3.05) is 11.9 Å². The molecule has 1 N–H and O–H groups in total. The van der Waals surface area contributed by atoms with Crippen molar-refractivity contribution in [3.63, 3.8) is 0 Å². The molecule has 1 aromatic heterocycles. The van der Waals surface area contributed by atoms with Gasteiger partial charge in [-0.15, -0.1) is 0 Å². The molecule has 0 fully saturated rings. The monoisotopic (exact) mass is 386 g/mol. The first-order chi connectivity index (χ1) is 12.6. The van der Waals surface area contributed by atoms with Gasteiger partial charge >= 0.3 is 5.97 Å². The van der Waals surface area contributed by atoms with E-state index in [4.69, 9.17) is 27.9 Å². The maximum absolute atomic E-state index is 11.9. The first kappa shape index (κ1) is 18.2. The Labute approximate surface area is 161 Å². The minimum atomic E-state index is -0.350. The first-order valence-corrected chi connectivity index (χ1v) is 8.79. The third-order valence-electron chi connectivity index (χ3n) is 3.61. The number of esters is 1. The van der Waals surface area contributed by atoms with Crippen LogP contribution in [0.5, 0.6) is 0 Å². The number of ether oxygens (including phenoxy) is 1. The zero-order chi connectivity index (χ0) is 18.5. The fraction of sp³-hybridized carbons (Fsp3) is 0.100. The number of nitrogens with zero attached hydrogens (tertiary/aromatic N) is 1. The van der Waals surface area contributed by atoms with Crippen LogP contribution in [-0.4, -0.2) is 17.6 Å². The predicted octanol–water partition coefficient (Wildman–Crippen LogP) is 5.98. The second kappa shape index (κ2) is 8.21. The normalized spacial score (nSPS) is 10.4. The molecule has 0 aliphatic heterocycles. The SMILES string of the molecule is CCOC(=O)c1cccc(-c2cccc(Nc3ccc(Cl)cc3Cl)n2)c1. The van der Waals surface area contributed by atoms with Gasteiger partial charge in [-0.2, -0.15) is 0 Å². The van der Waals surface area contributed by atoms with E-state index < -0.39 is 0 Å². The summed E-state index contributed by atoms with van der Waals surface area (Å²) >= 11 is 12.1. The van der Waals surface area contributed by atoms with Gasteiger partial charge in [-0.1, -0.05) is 41.4 Å². The van der Waals surface area contributed by atoms with E-state index in [1.165, 1.54) is 0 Å². The number of halogens is 2. The van der Waals surface area contributed by atoms with Crippen LogP contribution in [0.3, 0.4) is 0 Å². The standard InChI is InChI=1S/C20H16Cl2N2O2/c1-2-26-20(25)14-6-3-5-13(11-14)17-7-4-8-19(23-17)24-18-10-9-15(21)12-16(18)22/h3-12H,2H2,1H3,(H,23,24). The second-order valence-electron chi connectivity index (χ2n) is 5.46. The summed E-state index contributed by atoms with van der Waals surface area (Å²) in [6.45, 7) is 2.11. The van der Waals surface area contributed by atoms with Crippen molar-refractivity contribution in [2.24, 2.45) is 0 Å². The van der Waals surface area contributed by atoms with Crippen LogP contribution >= 0.6 is 23.2 Å². The molecule has 6 heteroatoms. The van der Waals surface area contributed by atoms with Crippen molar-refractivity contribution in [3.8, 4) is 11.3 Å². The summed E-state index contributed by atoms with van der Waals surface area (Å²) < 4.78 is 5.05. The molecular weight excluding hydrogens is 371 g/mol. The van der Waals surface area contributed by atoms with Gasteiger partial charge in [-0.3, -0.25) is 0 Å². The average molecular weight is 387 g/mol. The molecule has 4 nitrogen and oxygen atoms in total. The molecule has 3 rings (SSSR count). The molecule has 132 valence electrons. The molecule has 0 radical (unpaired) electrons. The minimum absolute atomic E-state index is 0.336. The number of anilines is 2. The van der Waals surface area contributed by atoms with Gasteiger partial charge in [-0.25, -0.2) is 9.78 Å². The first-order valence-electron chi connectivity index (χ1n) is 8.03. The van der Waals surface area contributed by atoms with E-state index in [0.717, 1.165) is 11.3 Å². The van der Waals surface area contributed by atoms with Gasteiger partial charge in [0.2, 0.25) is 0 Å². The highest BCUT2D eigenvalue weighted by Crippen LogP contribution is 2.28. The largest absolute Gasteiger partial charge is 0.462 e. The van der Waals surface area contributed by atoms with Gasteiger partial charge in [-0.05, 0) is 49.4 Å². The highest BCUT2D eigenvalue weighted by atomic mass is 35.5. The smallest absolute Gasteiger partial charge is 0.338 e. The fourth-order valence-corrected chi connectivity index (χ4v) is 2.87. The van der Waals surface area contributed by atoms with Gasteiger partial charge in [0.05, 0.1) is 28.6 Å². The van der Waals surface area contributed by atoms with Crippen LogP contribution in [0.25, 0.3) is 11.3 Å². The van der Waals surface area contributed by atoms with Crippen LogP contribution in [0.1, 0.15) is 17.3 Å². The lowest BCUT2D eigenvalue weighted by atomic mass is 10.1. The molecule has 0 spiro atoms. The molecule has 0 amide bonds. The summed E-state index contributed by atoms with van der Waals surface area (Å²) in [5.41, 5.74) is 2.75. The van der Waals surface area contributed by atoms with Gasteiger partial charge in [0.1, 0.15) is 5.82 Å². The lowest BCUT2D eigenvalue weighted by Gasteiger charge is -2.10. The number of carbonyl (C=O) groups excluding carboxylic acids is 1. The highest BCUT2D eigenvalue weighted by Gasteiger charge is 2.09. The van der Waals surface area contributed by atoms with Crippen LogP contribution in [0.2, 0.25) is 10.0 Å². The Morgan fingerprint density at radius 1 is 1.08 bits per heavy atom. The molecule has 0 unspecified atom stereocenters. The van der Waals surface area contributed by atoms with Crippen LogP contribution in [0, 0.1) is 0 Å². The number of carbonyl (C=O) groups is 1. The number of benzene rings is 2. The summed E-state index contributed by atoms with van der Waals surface area (Å²) in [4.78, 5) is 16.5. The topological polar surface area (TPSA) is 51.2 Å². The molecule has 1 heterocycles. The zero-order valence-corrected chi connectivity index (χ0v) is 15.5. The Morgan fingerprint density at radius 2 is 1.88 bits per heavy atom. The van der Waals surface area contributed by atoms with Crippen molar-refractivity contribution >= 4 is 40.7 Å². The van der Waals surface area contributed by atoms with Gasteiger partial charge in [0, 0.05) is 10.6 Å². The number of hydrogen-bond acceptors (Lipinski definition) is 4. The van der Waals surface area contributed by atoms with E-state index in [0.29, 0.717) is 33.7 Å². The number of nitrogens with one attached hydrogen (secondary N) is 1. The Bertz CT molecular complexity index is 945. The summed E-state index contributed by atoms with van der Waals surface area (Å²) in [7, 11) is 0. The Kier molecular flexibility index (Phi) is 5.76. The molecule has 3 aromatic rings. The van der Waals surface area contributed by atoms with Gasteiger partial charge in [0.15, 0.2) is 0 Å². The molecule has 0 saturated heterocycles. The molecule has 0 bridgehead atoms. The minimum Gasteiger partial charge on any atom is -0.462 e. The molecule has 0 atom stereocenters. The van der Waals surface area contributed by atoms with E-state index >= 15 is 0 Å². The third-order valence-corrected chi connectivity index (χ3v) is 4.16. The van der Waals surface area contributed by atoms with Crippen LogP contribution in [-0.2, 0) is 4.74 Å². The van der Waals surface area contributed by atoms with Crippen LogP contribution < -0.4 is 5.32 Å². The number of aromatic nitrogens is 1. The molecule has 0 aliphatic carbocycles. The lowest BCUT2D eigenvalue weighted by molar-refractivity contribution is 0.0526. The summed E-state index contributed by atoms with van der Waals surface area (Å²) in [5, 5.41) is 4.25. The summed E-state index contributed by atoms with van der Waals surface area (Å²) in [5.74, 6) is 0.282. The van der Waals surface area contributed by atoms with Crippen LogP contribution in [0.4, 0.5) is 11.5 Å². The summed E-state index contributed by atoms with van der Waals surface area (Å²) in [6.07, 6.45) is 0. The maximum Gasteiger partial charge on any atom is 0.338 e. The maximum atomic E-state index is 11.9. The lowest BCUT2D eigenvalue weighted by Crippen LogP contribution is -2.04. The Balaban J connectivity index is 1.87.